The topological polar surface area (TPSA) is 91.7 Å². The summed E-state index contributed by atoms with van der Waals surface area (Å²) < 4.78 is 7.02. The zero-order valence-corrected chi connectivity index (χ0v) is 13.5. The summed E-state index contributed by atoms with van der Waals surface area (Å²) in [6.07, 6.45) is 3.49. The van der Waals surface area contributed by atoms with Crippen molar-refractivity contribution in [1.82, 2.24) is 24.8 Å². The highest BCUT2D eigenvalue weighted by Crippen LogP contribution is 2.25. The molecule has 2 aromatic rings. The summed E-state index contributed by atoms with van der Waals surface area (Å²) in [6, 6.07) is 1.61. The van der Waals surface area contributed by atoms with E-state index in [9.17, 15) is 9.59 Å². The van der Waals surface area contributed by atoms with E-state index in [2.05, 4.69) is 15.4 Å². The highest BCUT2D eigenvalue weighted by Gasteiger charge is 2.25. The van der Waals surface area contributed by atoms with Crippen molar-refractivity contribution < 1.29 is 9.53 Å². The lowest BCUT2D eigenvalue weighted by Crippen LogP contribution is -2.40. The van der Waals surface area contributed by atoms with E-state index in [1.807, 2.05) is 0 Å². The van der Waals surface area contributed by atoms with Gasteiger partial charge in [-0.15, -0.1) is 0 Å². The average Bonchev–Trinajstić information content (AvgIpc) is 3.05. The lowest BCUT2D eigenvalue weighted by molar-refractivity contribution is 0.0304. The van der Waals surface area contributed by atoms with Crippen LogP contribution in [0.3, 0.4) is 0 Å². The number of nitrogens with one attached hydrogen (secondary N) is 2. The van der Waals surface area contributed by atoms with Gasteiger partial charge < -0.3 is 19.9 Å². The molecule has 2 fully saturated rings. The standard InChI is InChI=1S/C16H21N5O3/c22-14-9-13(11-1-3-17-4-2-11)21-15(19-14)12(10-18-21)16(23)20-5-7-24-8-6-20/h9-11,17H,1-8H2,(H,19,22). The fraction of sp³-hybridized carbons (Fsp3) is 0.562. The molecule has 24 heavy (non-hydrogen) atoms. The van der Waals surface area contributed by atoms with Crippen LogP contribution in [0.2, 0.25) is 0 Å². The summed E-state index contributed by atoms with van der Waals surface area (Å²) in [5, 5.41) is 7.72. The van der Waals surface area contributed by atoms with Crippen LogP contribution in [-0.2, 0) is 4.74 Å². The number of carbonyl (C=O) groups is 1. The van der Waals surface area contributed by atoms with Gasteiger partial charge in [0.05, 0.1) is 25.1 Å². The number of H-pyrrole nitrogens is 1. The number of hydrogen-bond acceptors (Lipinski definition) is 5. The monoisotopic (exact) mass is 331 g/mol. The van der Waals surface area contributed by atoms with Gasteiger partial charge in [-0.05, 0) is 25.9 Å². The van der Waals surface area contributed by atoms with Crippen molar-refractivity contribution >= 4 is 11.6 Å². The third-order valence-corrected chi connectivity index (χ3v) is 4.82. The molecule has 4 rings (SSSR count). The first-order valence-corrected chi connectivity index (χ1v) is 8.43. The predicted octanol–water partition coefficient (Wildman–Crippen LogP) is -0.0380. The van der Waals surface area contributed by atoms with Crippen LogP contribution in [0.15, 0.2) is 17.1 Å². The number of amides is 1. The van der Waals surface area contributed by atoms with Crippen LogP contribution in [0.4, 0.5) is 0 Å². The molecule has 0 spiro atoms. The molecule has 1 amide bonds. The molecular formula is C16H21N5O3. The van der Waals surface area contributed by atoms with Gasteiger partial charge in [-0.1, -0.05) is 0 Å². The molecule has 2 aromatic heterocycles. The maximum atomic E-state index is 12.8. The molecule has 8 nitrogen and oxygen atoms in total. The quantitative estimate of drug-likeness (QED) is 0.806. The van der Waals surface area contributed by atoms with Crippen LogP contribution in [-0.4, -0.2) is 64.8 Å². The SMILES string of the molecule is O=C(c1cnn2c(C3CCNCC3)cc(=O)[nH]c12)N1CCOCC1. The lowest BCUT2D eigenvalue weighted by Gasteiger charge is -2.26. The molecule has 128 valence electrons. The summed E-state index contributed by atoms with van der Waals surface area (Å²) >= 11 is 0. The highest BCUT2D eigenvalue weighted by molar-refractivity contribution is 5.99. The van der Waals surface area contributed by atoms with Crippen molar-refractivity contribution in [2.75, 3.05) is 39.4 Å². The Balaban J connectivity index is 1.74. The molecule has 0 aromatic carbocycles. The minimum Gasteiger partial charge on any atom is -0.378 e. The van der Waals surface area contributed by atoms with E-state index in [1.54, 1.807) is 21.7 Å². The summed E-state index contributed by atoms with van der Waals surface area (Å²) in [5.74, 6) is 0.175. The Kier molecular flexibility index (Phi) is 4.07. The number of piperidine rings is 1. The molecule has 0 unspecified atom stereocenters. The van der Waals surface area contributed by atoms with E-state index in [-0.39, 0.29) is 17.4 Å². The molecule has 8 heteroatoms. The summed E-state index contributed by atoms with van der Waals surface area (Å²) in [5.41, 5.74) is 1.64. The minimum atomic E-state index is -0.187. The molecule has 0 atom stereocenters. The fourth-order valence-electron chi connectivity index (χ4n) is 3.51. The van der Waals surface area contributed by atoms with Crippen LogP contribution >= 0.6 is 0 Å². The van der Waals surface area contributed by atoms with Crippen LogP contribution in [0.25, 0.3) is 5.65 Å². The number of hydrogen-bond donors (Lipinski definition) is 2. The smallest absolute Gasteiger partial charge is 0.259 e. The Morgan fingerprint density at radius 2 is 2.00 bits per heavy atom. The van der Waals surface area contributed by atoms with Gasteiger partial charge in [0.15, 0.2) is 0 Å². The van der Waals surface area contributed by atoms with Crippen LogP contribution in [0.5, 0.6) is 0 Å². The second-order valence-electron chi connectivity index (χ2n) is 6.31. The number of morpholine rings is 1. The number of fused-ring (bicyclic) bond motifs is 1. The Bertz CT molecular complexity index is 800. The van der Waals surface area contributed by atoms with Crippen molar-refractivity contribution in [3.05, 3.63) is 33.9 Å². The van der Waals surface area contributed by atoms with Gasteiger partial charge >= 0.3 is 0 Å². The number of carbonyl (C=O) groups excluding carboxylic acids is 1. The Hall–Kier alpha value is -2.19. The predicted molar refractivity (Wildman–Crippen MR) is 87.4 cm³/mol. The van der Waals surface area contributed by atoms with E-state index in [4.69, 9.17) is 4.74 Å². The maximum Gasteiger partial charge on any atom is 0.259 e. The number of aromatic nitrogens is 3. The Morgan fingerprint density at radius 3 is 2.75 bits per heavy atom. The summed E-state index contributed by atoms with van der Waals surface area (Å²) in [6.45, 7) is 4.08. The van der Waals surface area contributed by atoms with Gasteiger partial charge in [0.1, 0.15) is 11.2 Å². The van der Waals surface area contributed by atoms with Crippen LogP contribution < -0.4 is 10.9 Å². The van der Waals surface area contributed by atoms with E-state index >= 15 is 0 Å². The third kappa shape index (κ3) is 2.71. The first-order valence-electron chi connectivity index (χ1n) is 8.43. The molecule has 0 radical (unpaired) electrons. The highest BCUT2D eigenvalue weighted by atomic mass is 16.5. The summed E-state index contributed by atoms with van der Waals surface area (Å²) in [7, 11) is 0. The molecule has 2 aliphatic rings. The molecule has 0 bridgehead atoms. The molecule has 0 aliphatic carbocycles. The average molecular weight is 331 g/mol. The van der Waals surface area contributed by atoms with Crippen molar-refractivity contribution in [1.29, 1.82) is 0 Å². The lowest BCUT2D eigenvalue weighted by atomic mass is 9.94. The zero-order chi connectivity index (χ0) is 16.5. The van der Waals surface area contributed by atoms with E-state index in [0.717, 1.165) is 31.6 Å². The van der Waals surface area contributed by atoms with Gasteiger partial charge in [0, 0.05) is 25.1 Å². The van der Waals surface area contributed by atoms with E-state index in [0.29, 0.717) is 37.5 Å². The number of nitrogens with zero attached hydrogens (tertiary/aromatic N) is 3. The van der Waals surface area contributed by atoms with Gasteiger partial charge in [-0.2, -0.15) is 5.10 Å². The zero-order valence-electron chi connectivity index (χ0n) is 13.5. The largest absolute Gasteiger partial charge is 0.378 e. The maximum absolute atomic E-state index is 12.8. The number of aromatic amines is 1. The van der Waals surface area contributed by atoms with Crippen molar-refractivity contribution in [3.63, 3.8) is 0 Å². The number of rotatable bonds is 2. The fourth-order valence-corrected chi connectivity index (χ4v) is 3.51. The molecular weight excluding hydrogens is 310 g/mol. The molecule has 2 saturated heterocycles. The molecule has 4 heterocycles. The molecule has 0 saturated carbocycles. The van der Waals surface area contributed by atoms with Gasteiger partial charge in [-0.3, -0.25) is 9.59 Å². The van der Waals surface area contributed by atoms with Crippen LogP contribution in [0.1, 0.15) is 34.8 Å². The minimum absolute atomic E-state index is 0.105. The number of ether oxygens (including phenoxy) is 1. The van der Waals surface area contributed by atoms with Crippen LogP contribution in [0, 0.1) is 0 Å². The Morgan fingerprint density at radius 1 is 1.25 bits per heavy atom. The normalized spacial score (nSPS) is 19.8. The van der Waals surface area contributed by atoms with Gasteiger partial charge in [0.25, 0.3) is 11.5 Å². The van der Waals surface area contributed by atoms with E-state index in [1.165, 1.54) is 0 Å². The van der Waals surface area contributed by atoms with E-state index < -0.39 is 0 Å². The van der Waals surface area contributed by atoms with Gasteiger partial charge in [0.2, 0.25) is 0 Å². The van der Waals surface area contributed by atoms with Gasteiger partial charge in [-0.25, -0.2) is 4.52 Å². The molecule has 2 aliphatic heterocycles. The first-order chi connectivity index (χ1) is 11.7. The van der Waals surface area contributed by atoms with Crippen molar-refractivity contribution in [3.8, 4) is 0 Å². The van der Waals surface area contributed by atoms with Crippen molar-refractivity contribution in [2.45, 2.75) is 18.8 Å². The first kappa shape index (κ1) is 15.3. The molecule has 2 N–H and O–H groups in total. The third-order valence-electron chi connectivity index (χ3n) is 4.82. The summed E-state index contributed by atoms with van der Waals surface area (Å²) in [4.78, 5) is 29.4. The van der Waals surface area contributed by atoms with Crippen molar-refractivity contribution in [2.24, 2.45) is 0 Å². The Labute approximate surface area is 138 Å². The second-order valence-corrected chi connectivity index (χ2v) is 6.31. The second kappa shape index (κ2) is 6.37.